The Bertz CT molecular complexity index is 364. The van der Waals surface area contributed by atoms with Crippen LogP contribution in [0.5, 0.6) is 0 Å². The van der Waals surface area contributed by atoms with Gasteiger partial charge in [-0.2, -0.15) is 0 Å². The van der Waals surface area contributed by atoms with Crippen molar-refractivity contribution in [2.45, 2.75) is 38.7 Å². The van der Waals surface area contributed by atoms with Gasteiger partial charge in [0.25, 0.3) is 0 Å². The molecule has 0 heterocycles. The summed E-state index contributed by atoms with van der Waals surface area (Å²) in [4.78, 5) is 11.6. The van der Waals surface area contributed by atoms with Crippen LogP contribution in [-0.4, -0.2) is 24.3 Å². The number of hydrogen-bond acceptors (Lipinski definition) is 2. The third kappa shape index (κ3) is 2.51. The minimum Gasteiger partial charge on any atom is -0.481 e. The lowest BCUT2D eigenvalue weighted by Gasteiger charge is -2.32. The minimum atomic E-state index is -0.697. The molecule has 18 heavy (non-hydrogen) atoms. The quantitative estimate of drug-likeness (QED) is 0.834. The van der Waals surface area contributed by atoms with E-state index in [0.29, 0.717) is 0 Å². The number of carboxylic acid groups (broad SMARTS) is 1. The molecular formula is C15H22O3. The molecule has 0 bridgehead atoms. The van der Waals surface area contributed by atoms with Gasteiger partial charge in [0.2, 0.25) is 0 Å². The molecule has 0 aromatic rings. The smallest absolute Gasteiger partial charge is 0.311 e. The fourth-order valence-electron chi connectivity index (χ4n) is 3.38. The maximum atomic E-state index is 11.6. The van der Waals surface area contributed by atoms with E-state index in [9.17, 15) is 9.90 Å². The van der Waals surface area contributed by atoms with Crippen LogP contribution in [0, 0.1) is 17.8 Å². The summed E-state index contributed by atoms with van der Waals surface area (Å²) in [6, 6.07) is 0. The monoisotopic (exact) mass is 250 g/mol. The normalized spacial score (nSPS) is 30.2. The lowest BCUT2D eigenvalue weighted by molar-refractivity contribution is -0.142. The first-order valence-electron chi connectivity index (χ1n) is 6.79. The molecule has 1 saturated carbocycles. The molecule has 3 nitrogen and oxygen atoms in total. The molecule has 3 atom stereocenters. The number of ether oxygens (including phenoxy) is 1. The Kier molecular flexibility index (Phi) is 4.23. The van der Waals surface area contributed by atoms with Gasteiger partial charge in [0.05, 0.1) is 12.0 Å². The number of rotatable bonds is 4. The highest BCUT2D eigenvalue weighted by atomic mass is 16.5. The Morgan fingerprint density at radius 1 is 1.44 bits per heavy atom. The highest BCUT2D eigenvalue weighted by Crippen LogP contribution is 2.39. The summed E-state index contributed by atoms with van der Waals surface area (Å²) in [5, 5.41) is 9.56. The molecule has 2 rings (SSSR count). The van der Waals surface area contributed by atoms with Crippen LogP contribution < -0.4 is 0 Å². The van der Waals surface area contributed by atoms with Crippen LogP contribution in [0.1, 0.15) is 32.6 Å². The Balaban J connectivity index is 2.26. The van der Waals surface area contributed by atoms with E-state index in [4.69, 9.17) is 4.74 Å². The summed E-state index contributed by atoms with van der Waals surface area (Å²) in [5.74, 6) is -0.536. The van der Waals surface area contributed by atoms with Crippen LogP contribution in [-0.2, 0) is 9.53 Å². The molecule has 0 aromatic heterocycles. The molecule has 3 unspecified atom stereocenters. The second-order valence-electron chi connectivity index (χ2n) is 5.43. The number of aliphatic carboxylic acids is 1. The van der Waals surface area contributed by atoms with Gasteiger partial charge in [0.15, 0.2) is 0 Å². The summed E-state index contributed by atoms with van der Waals surface area (Å²) in [6.07, 6.45) is 10.3. The second-order valence-corrected chi connectivity index (χ2v) is 5.43. The highest BCUT2D eigenvalue weighted by Gasteiger charge is 2.38. The molecule has 100 valence electrons. The average Bonchev–Trinajstić information content (AvgIpc) is 2.82. The molecule has 0 aromatic carbocycles. The first kappa shape index (κ1) is 13.3. The number of hydrogen-bond donors (Lipinski definition) is 1. The lowest BCUT2D eigenvalue weighted by Crippen LogP contribution is -2.34. The Morgan fingerprint density at radius 2 is 2.11 bits per heavy atom. The van der Waals surface area contributed by atoms with Gasteiger partial charge < -0.3 is 9.84 Å². The second kappa shape index (κ2) is 5.70. The van der Waals surface area contributed by atoms with Crippen molar-refractivity contribution >= 4 is 5.97 Å². The van der Waals surface area contributed by atoms with Crippen LogP contribution in [0.3, 0.4) is 0 Å². The van der Waals surface area contributed by atoms with E-state index in [1.165, 1.54) is 0 Å². The number of methoxy groups -OCH3 is 1. The van der Waals surface area contributed by atoms with Gasteiger partial charge in [-0.05, 0) is 24.3 Å². The van der Waals surface area contributed by atoms with Crippen molar-refractivity contribution in [1.82, 2.24) is 0 Å². The van der Waals surface area contributed by atoms with Crippen molar-refractivity contribution in [3.63, 3.8) is 0 Å². The fraction of sp³-hybridized carbons (Fsp3) is 0.667. The highest BCUT2D eigenvalue weighted by molar-refractivity contribution is 5.74. The predicted molar refractivity (Wildman–Crippen MR) is 70.3 cm³/mol. The summed E-state index contributed by atoms with van der Waals surface area (Å²) >= 11 is 0. The first-order chi connectivity index (χ1) is 8.65. The maximum Gasteiger partial charge on any atom is 0.311 e. The molecule has 0 amide bonds. The Hall–Kier alpha value is -1.09. The van der Waals surface area contributed by atoms with Gasteiger partial charge in [0, 0.05) is 13.0 Å². The molecule has 0 spiro atoms. The van der Waals surface area contributed by atoms with Gasteiger partial charge in [-0.25, -0.2) is 0 Å². The predicted octanol–water partition coefficient (Wildman–Crippen LogP) is 3.02. The molecule has 2 aliphatic rings. The number of allylic oxidation sites excluding steroid dienone is 2. The maximum absolute atomic E-state index is 11.6. The van der Waals surface area contributed by atoms with E-state index in [1.54, 1.807) is 7.11 Å². The SMILES string of the molecule is COC1C(C(C(=O)O)C2CCCC2)=CC=CC1C. The van der Waals surface area contributed by atoms with Crippen molar-refractivity contribution in [2.75, 3.05) is 7.11 Å². The molecule has 1 N–H and O–H groups in total. The zero-order valence-corrected chi connectivity index (χ0v) is 11.1. The molecule has 3 heteroatoms. The summed E-state index contributed by atoms with van der Waals surface area (Å²) in [5.41, 5.74) is 0.951. The fourth-order valence-corrected chi connectivity index (χ4v) is 3.38. The molecule has 2 aliphatic carbocycles. The third-order valence-electron chi connectivity index (χ3n) is 4.26. The first-order valence-corrected chi connectivity index (χ1v) is 6.79. The standard InChI is InChI=1S/C15H22O3/c1-10-6-5-9-12(14(10)18-2)13(15(16)17)11-7-3-4-8-11/h5-6,9-11,13-14H,3-4,7-8H2,1-2H3,(H,16,17). The van der Waals surface area contributed by atoms with Crippen LogP contribution in [0.25, 0.3) is 0 Å². The van der Waals surface area contributed by atoms with E-state index >= 15 is 0 Å². The van der Waals surface area contributed by atoms with Gasteiger partial charge in [-0.1, -0.05) is 38.0 Å². The van der Waals surface area contributed by atoms with Crippen LogP contribution in [0.15, 0.2) is 23.8 Å². The Labute approximate surface area is 109 Å². The van der Waals surface area contributed by atoms with Crippen LogP contribution in [0.4, 0.5) is 0 Å². The van der Waals surface area contributed by atoms with Gasteiger partial charge in [-0.3, -0.25) is 4.79 Å². The number of carboxylic acids is 1. The lowest BCUT2D eigenvalue weighted by atomic mass is 9.77. The summed E-state index contributed by atoms with van der Waals surface area (Å²) < 4.78 is 5.52. The van der Waals surface area contributed by atoms with Crippen molar-refractivity contribution < 1.29 is 14.6 Å². The van der Waals surface area contributed by atoms with E-state index in [-0.39, 0.29) is 23.9 Å². The van der Waals surface area contributed by atoms with Crippen molar-refractivity contribution in [3.05, 3.63) is 23.8 Å². The van der Waals surface area contributed by atoms with Gasteiger partial charge in [0.1, 0.15) is 0 Å². The Morgan fingerprint density at radius 3 is 2.67 bits per heavy atom. The third-order valence-corrected chi connectivity index (χ3v) is 4.26. The van der Waals surface area contributed by atoms with E-state index in [2.05, 4.69) is 13.0 Å². The van der Waals surface area contributed by atoms with Crippen LogP contribution >= 0.6 is 0 Å². The van der Waals surface area contributed by atoms with E-state index in [1.807, 2.05) is 12.2 Å². The van der Waals surface area contributed by atoms with Crippen LogP contribution in [0.2, 0.25) is 0 Å². The largest absolute Gasteiger partial charge is 0.481 e. The molecule has 1 fully saturated rings. The van der Waals surface area contributed by atoms with E-state index in [0.717, 1.165) is 31.3 Å². The number of carbonyl (C=O) groups is 1. The van der Waals surface area contributed by atoms with Crippen molar-refractivity contribution in [1.29, 1.82) is 0 Å². The van der Waals surface area contributed by atoms with E-state index < -0.39 is 5.97 Å². The summed E-state index contributed by atoms with van der Waals surface area (Å²) in [7, 11) is 1.67. The molecular weight excluding hydrogens is 228 g/mol. The molecule has 0 aliphatic heterocycles. The topological polar surface area (TPSA) is 46.5 Å². The summed E-state index contributed by atoms with van der Waals surface area (Å²) in [6.45, 7) is 2.07. The zero-order valence-electron chi connectivity index (χ0n) is 11.1. The average molecular weight is 250 g/mol. The molecule has 0 radical (unpaired) electrons. The van der Waals surface area contributed by atoms with Crippen molar-refractivity contribution in [3.8, 4) is 0 Å². The van der Waals surface area contributed by atoms with Crippen molar-refractivity contribution in [2.24, 2.45) is 17.8 Å². The van der Waals surface area contributed by atoms with Gasteiger partial charge >= 0.3 is 5.97 Å². The minimum absolute atomic E-state index is 0.0864. The zero-order chi connectivity index (χ0) is 13.1. The van der Waals surface area contributed by atoms with Gasteiger partial charge in [-0.15, -0.1) is 0 Å². The molecule has 0 saturated heterocycles.